The molecular formula is C18H29NO2. The zero-order chi connectivity index (χ0) is 15.3. The molecule has 0 fully saturated rings. The predicted molar refractivity (Wildman–Crippen MR) is 86.9 cm³/mol. The molecule has 0 saturated carbocycles. The third kappa shape index (κ3) is 4.13. The van der Waals surface area contributed by atoms with E-state index in [4.69, 9.17) is 15.2 Å². The van der Waals surface area contributed by atoms with Crippen molar-refractivity contribution in [2.75, 3.05) is 7.11 Å². The molecule has 118 valence electrons. The highest BCUT2D eigenvalue weighted by atomic mass is 16.5. The highest BCUT2D eigenvalue weighted by Gasteiger charge is 2.35. The van der Waals surface area contributed by atoms with Crippen LogP contribution in [0.3, 0.4) is 0 Å². The van der Waals surface area contributed by atoms with E-state index in [0.717, 1.165) is 29.9 Å². The van der Waals surface area contributed by atoms with Gasteiger partial charge in [-0.25, -0.2) is 0 Å². The monoisotopic (exact) mass is 291 g/mol. The lowest BCUT2D eigenvalue weighted by Crippen LogP contribution is -2.40. The van der Waals surface area contributed by atoms with Crippen LogP contribution in [0.25, 0.3) is 0 Å². The van der Waals surface area contributed by atoms with Crippen LogP contribution in [0.1, 0.15) is 70.4 Å². The van der Waals surface area contributed by atoms with Gasteiger partial charge in [-0.2, -0.15) is 0 Å². The Hall–Kier alpha value is -1.22. The number of ether oxygens (including phenoxy) is 2. The van der Waals surface area contributed by atoms with Crippen LogP contribution in [-0.4, -0.2) is 12.7 Å². The van der Waals surface area contributed by atoms with Crippen LogP contribution in [0.4, 0.5) is 0 Å². The van der Waals surface area contributed by atoms with Crippen LogP contribution >= 0.6 is 0 Å². The van der Waals surface area contributed by atoms with Gasteiger partial charge in [-0.15, -0.1) is 0 Å². The molecule has 2 rings (SSSR count). The molecule has 2 N–H and O–H groups in total. The summed E-state index contributed by atoms with van der Waals surface area (Å²) < 4.78 is 11.6. The molecule has 1 heterocycles. The van der Waals surface area contributed by atoms with Gasteiger partial charge in [-0.05, 0) is 25.8 Å². The summed E-state index contributed by atoms with van der Waals surface area (Å²) in [6, 6.07) is 6.00. The fourth-order valence-corrected chi connectivity index (χ4v) is 3.17. The molecule has 0 aromatic heterocycles. The predicted octanol–water partition coefficient (Wildman–Crippen LogP) is 4.60. The van der Waals surface area contributed by atoms with E-state index >= 15 is 0 Å². The van der Waals surface area contributed by atoms with E-state index in [1.807, 2.05) is 18.2 Å². The van der Waals surface area contributed by atoms with Gasteiger partial charge in [0.1, 0.15) is 17.1 Å². The second-order valence-corrected chi connectivity index (χ2v) is 6.43. The van der Waals surface area contributed by atoms with Crippen LogP contribution in [0.15, 0.2) is 18.2 Å². The fraction of sp³-hybridized carbons (Fsp3) is 0.667. The average Bonchev–Trinajstić information content (AvgIpc) is 2.46. The lowest BCUT2D eigenvalue weighted by atomic mass is 9.85. The normalized spacial score (nSPS) is 24.3. The molecule has 1 aromatic rings. The number of benzene rings is 1. The number of nitrogens with two attached hydrogens (primary N) is 1. The maximum absolute atomic E-state index is 6.34. The van der Waals surface area contributed by atoms with Crippen molar-refractivity contribution in [3.8, 4) is 11.5 Å². The first-order valence-corrected chi connectivity index (χ1v) is 8.20. The summed E-state index contributed by atoms with van der Waals surface area (Å²) in [7, 11) is 1.68. The molecule has 2 atom stereocenters. The van der Waals surface area contributed by atoms with E-state index in [1.54, 1.807) is 7.11 Å². The SMILES string of the molecule is CCCCCCCC1(C)C[C@@H](N)c2ccc(OC)cc2O1. The maximum Gasteiger partial charge on any atom is 0.128 e. The largest absolute Gasteiger partial charge is 0.497 e. The topological polar surface area (TPSA) is 44.5 Å². The van der Waals surface area contributed by atoms with Crippen molar-refractivity contribution < 1.29 is 9.47 Å². The van der Waals surface area contributed by atoms with Crippen LogP contribution in [0, 0.1) is 0 Å². The van der Waals surface area contributed by atoms with E-state index in [2.05, 4.69) is 13.8 Å². The molecular weight excluding hydrogens is 262 g/mol. The van der Waals surface area contributed by atoms with Crippen LogP contribution in [0.5, 0.6) is 11.5 Å². The number of fused-ring (bicyclic) bond motifs is 1. The minimum Gasteiger partial charge on any atom is -0.497 e. The molecule has 1 aliphatic heterocycles. The van der Waals surface area contributed by atoms with Gasteiger partial charge in [0.05, 0.1) is 7.11 Å². The van der Waals surface area contributed by atoms with Gasteiger partial charge in [-0.3, -0.25) is 0 Å². The third-order valence-corrected chi connectivity index (χ3v) is 4.44. The summed E-state index contributed by atoms with van der Waals surface area (Å²) in [5, 5.41) is 0. The van der Waals surface area contributed by atoms with Crippen molar-refractivity contribution in [1.29, 1.82) is 0 Å². The standard InChI is InChI=1S/C18H29NO2/c1-4-5-6-7-8-11-18(2)13-16(19)15-10-9-14(20-3)12-17(15)21-18/h9-10,12,16H,4-8,11,13,19H2,1-3H3/t16-,18?/m1/s1. The molecule has 3 heteroatoms. The van der Waals surface area contributed by atoms with Gasteiger partial charge in [-0.1, -0.05) is 38.7 Å². The Morgan fingerprint density at radius 3 is 2.76 bits per heavy atom. The molecule has 0 saturated heterocycles. The molecule has 0 bridgehead atoms. The first-order valence-electron chi connectivity index (χ1n) is 8.20. The minimum atomic E-state index is -0.148. The van der Waals surface area contributed by atoms with Crippen molar-refractivity contribution in [2.45, 2.75) is 70.4 Å². The summed E-state index contributed by atoms with van der Waals surface area (Å²) in [6.07, 6.45) is 8.39. The van der Waals surface area contributed by atoms with E-state index in [-0.39, 0.29) is 11.6 Å². The van der Waals surface area contributed by atoms with Crippen molar-refractivity contribution in [2.24, 2.45) is 5.73 Å². The second kappa shape index (κ2) is 7.17. The Balaban J connectivity index is 1.99. The summed E-state index contributed by atoms with van der Waals surface area (Å²) in [5.41, 5.74) is 7.29. The first-order chi connectivity index (χ1) is 10.1. The smallest absolute Gasteiger partial charge is 0.128 e. The Kier molecular flexibility index (Phi) is 5.51. The lowest BCUT2D eigenvalue weighted by molar-refractivity contribution is 0.0427. The Labute approximate surface area is 128 Å². The maximum atomic E-state index is 6.34. The molecule has 0 aliphatic carbocycles. The highest BCUT2D eigenvalue weighted by molar-refractivity contribution is 5.44. The van der Waals surface area contributed by atoms with Crippen molar-refractivity contribution >= 4 is 0 Å². The van der Waals surface area contributed by atoms with Crippen molar-refractivity contribution in [3.05, 3.63) is 23.8 Å². The van der Waals surface area contributed by atoms with Crippen molar-refractivity contribution in [3.63, 3.8) is 0 Å². The lowest BCUT2D eigenvalue weighted by Gasteiger charge is -2.39. The molecule has 1 aromatic carbocycles. The molecule has 0 radical (unpaired) electrons. The Morgan fingerprint density at radius 2 is 2.05 bits per heavy atom. The quantitative estimate of drug-likeness (QED) is 0.747. The molecule has 0 spiro atoms. The minimum absolute atomic E-state index is 0.0558. The number of methoxy groups -OCH3 is 1. The zero-order valence-electron chi connectivity index (χ0n) is 13.7. The number of rotatable bonds is 7. The van der Waals surface area contributed by atoms with Crippen LogP contribution in [-0.2, 0) is 0 Å². The van der Waals surface area contributed by atoms with Crippen LogP contribution in [0.2, 0.25) is 0 Å². The number of hydrogen-bond donors (Lipinski definition) is 1. The Bertz CT molecular complexity index is 461. The van der Waals surface area contributed by atoms with E-state index < -0.39 is 0 Å². The van der Waals surface area contributed by atoms with Gasteiger partial charge in [0.15, 0.2) is 0 Å². The van der Waals surface area contributed by atoms with Crippen LogP contribution < -0.4 is 15.2 Å². The van der Waals surface area contributed by atoms with E-state index in [9.17, 15) is 0 Å². The van der Waals surface area contributed by atoms with Crippen molar-refractivity contribution in [1.82, 2.24) is 0 Å². The molecule has 0 amide bonds. The zero-order valence-corrected chi connectivity index (χ0v) is 13.7. The molecule has 1 unspecified atom stereocenters. The van der Waals surface area contributed by atoms with Gasteiger partial charge in [0.25, 0.3) is 0 Å². The summed E-state index contributed by atoms with van der Waals surface area (Å²) >= 11 is 0. The summed E-state index contributed by atoms with van der Waals surface area (Å²) in [5.74, 6) is 1.72. The highest BCUT2D eigenvalue weighted by Crippen LogP contribution is 2.42. The number of hydrogen-bond acceptors (Lipinski definition) is 3. The van der Waals surface area contributed by atoms with Gasteiger partial charge in [0.2, 0.25) is 0 Å². The average molecular weight is 291 g/mol. The van der Waals surface area contributed by atoms with Gasteiger partial charge in [0, 0.05) is 24.1 Å². The second-order valence-electron chi connectivity index (χ2n) is 6.43. The fourth-order valence-electron chi connectivity index (χ4n) is 3.17. The third-order valence-electron chi connectivity index (χ3n) is 4.44. The molecule has 1 aliphatic rings. The van der Waals surface area contributed by atoms with Gasteiger partial charge >= 0.3 is 0 Å². The summed E-state index contributed by atoms with van der Waals surface area (Å²) in [6.45, 7) is 4.43. The van der Waals surface area contributed by atoms with E-state index in [0.29, 0.717) is 0 Å². The summed E-state index contributed by atoms with van der Waals surface area (Å²) in [4.78, 5) is 0. The molecule has 21 heavy (non-hydrogen) atoms. The molecule has 3 nitrogen and oxygen atoms in total. The number of unbranched alkanes of at least 4 members (excludes halogenated alkanes) is 4. The first kappa shape index (κ1) is 16.2. The van der Waals surface area contributed by atoms with E-state index in [1.165, 1.54) is 32.1 Å². The Morgan fingerprint density at radius 1 is 1.29 bits per heavy atom. The van der Waals surface area contributed by atoms with Gasteiger partial charge < -0.3 is 15.2 Å².